The van der Waals surface area contributed by atoms with Gasteiger partial charge in [0, 0.05) is 78.1 Å². The Morgan fingerprint density at radius 2 is 0.747 bits per heavy atom. The van der Waals surface area contributed by atoms with E-state index in [0.717, 1.165) is 100.0 Å². The minimum absolute atomic E-state index is 0.0182. The van der Waals surface area contributed by atoms with Crippen LogP contribution in [0.25, 0.3) is 66.2 Å². The number of para-hydroxylation sites is 6. The molecule has 6 aromatic heterocycles. The van der Waals surface area contributed by atoms with Crippen LogP contribution < -0.4 is 29.4 Å². The summed E-state index contributed by atoms with van der Waals surface area (Å²) in [6, 6.07) is 45.1. The number of fused-ring (bicyclic) bond motifs is 12. The molecule has 0 radical (unpaired) electrons. The third-order valence-corrected chi connectivity index (χ3v) is 15.8. The second-order valence-electron chi connectivity index (χ2n) is 20.8. The molecule has 0 N–H and O–H groups in total. The van der Waals surface area contributed by atoms with E-state index in [1.54, 1.807) is 23.5 Å². The zero-order valence-corrected chi connectivity index (χ0v) is 45.6. The lowest BCUT2D eigenvalue weighted by Gasteiger charge is -2.33. The molecule has 0 bridgehead atoms. The first kappa shape index (κ1) is 41.1. The molecule has 9 heterocycles. The maximum atomic E-state index is 8.80. The SMILES string of the molecule is [2H]C(C)(C)N1c2ccccc2N(c2c(C)ccc3c2oc2ncccc23)C1C.[2H]C([2H])([2H])C([2H])(C)N1c2ccccc2N(c2c(C)ccc3c2oc2ncccc23)C1C.[2H]C([2H])([2H])N1c2ccccc2N(c2c(C)ccc3c2oc2ncccc23)C1C. The van der Waals surface area contributed by atoms with Crippen LogP contribution in [-0.2, 0) is 0 Å². The molecular weight excluding hydrogens is 979 g/mol. The van der Waals surface area contributed by atoms with Crippen LogP contribution in [0.4, 0.5) is 51.2 Å². The topological polar surface area (TPSA) is 97.5 Å². The number of pyridine rings is 3. The Labute approximate surface area is 471 Å². The molecule has 3 aliphatic rings. The highest BCUT2D eigenvalue weighted by Crippen LogP contribution is 2.52. The van der Waals surface area contributed by atoms with Gasteiger partial charge in [0.15, 0.2) is 16.7 Å². The zero-order chi connectivity index (χ0) is 61.4. The van der Waals surface area contributed by atoms with Crippen molar-refractivity contribution in [1.82, 2.24) is 15.0 Å². The van der Waals surface area contributed by atoms with Crippen LogP contribution in [0, 0.1) is 20.8 Å². The lowest BCUT2D eigenvalue weighted by Crippen LogP contribution is -2.42. The van der Waals surface area contributed by atoms with Gasteiger partial charge < -0.3 is 42.7 Å². The van der Waals surface area contributed by atoms with Crippen LogP contribution in [0.15, 0.2) is 177 Å². The summed E-state index contributed by atoms with van der Waals surface area (Å²) in [7, 11) is 0. The van der Waals surface area contributed by atoms with Gasteiger partial charge in [-0.05, 0) is 159 Å². The van der Waals surface area contributed by atoms with Gasteiger partial charge in [0.05, 0.1) is 53.9 Å². The average molecular weight is 1050 g/mol. The second-order valence-corrected chi connectivity index (χ2v) is 20.8. The lowest BCUT2D eigenvalue weighted by molar-refractivity contribution is 0.602. The monoisotopic (exact) mass is 1050 g/mol. The van der Waals surface area contributed by atoms with E-state index in [2.05, 4.69) is 78.7 Å². The van der Waals surface area contributed by atoms with Crippen molar-refractivity contribution in [2.45, 2.75) is 99.7 Å². The van der Waals surface area contributed by atoms with Gasteiger partial charge in [-0.15, -0.1) is 0 Å². The fourth-order valence-corrected chi connectivity index (χ4v) is 12.3. The van der Waals surface area contributed by atoms with E-state index in [4.69, 9.17) is 24.2 Å². The number of anilines is 9. The molecule has 396 valence electrons. The lowest BCUT2D eigenvalue weighted by atomic mass is 10.1. The molecule has 0 saturated carbocycles. The Balaban J connectivity index is 0.000000121. The summed E-state index contributed by atoms with van der Waals surface area (Å²) in [5.74, 6) is 0. The third kappa shape index (κ3) is 7.74. The quantitative estimate of drug-likeness (QED) is 0.164. The van der Waals surface area contributed by atoms with E-state index < -0.39 is 38.2 Å². The first-order chi connectivity index (χ1) is 41.4. The summed E-state index contributed by atoms with van der Waals surface area (Å²) >= 11 is 0. The molecule has 0 saturated heterocycles. The number of aryl methyl sites for hydroxylation is 3. The van der Waals surface area contributed by atoms with Crippen LogP contribution >= 0.6 is 0 Å². The number of hydrogen-bond acceptors (Lipinski definition) is 12. The van der Waals surface area contributed by atoms with Crippen LogP contribution in [0.5, 0.6) is 0 Å². The number of benzene rings is 6. The van der Waals surface area contributed by atoms with E-state index in [1.807, 2.05) is 157 Å². The number of furan rings is 3. The van der Waals surface area contributed by atoms with E-state index in [1.165, 1.54) is 11.8 Å². The van der Waals surface area contributed by atoms with Gasteiger partial charge in [-0.25, -0.2) is 15.0 Å². The standard InChI is InChI=1S/2C23H23N3O.C21H19N3O/c2*1-14(2)25-16(4)26(20-10-6-5-9-19(20)25)21-15(3)11-12-17-18-8-7-13-24-23(18)27-22(17)21;1-13-10-11-15-16-7-6-12-22-21(16)25-20(15)19(13)24-14(2)23(3)17-8-4-5-9-18(17)24/h2*5-14,16H,1-4H3;4-12,14H,1-3H3/i1D3,14D;14D;3D3. The summed E-state index contributed by atoms with van der Waals surface area (Å²) in [4.78, 5) is 24.9. The largest absolute Gasteiger partial charge is 0.435 e. The average Bonchev–Trinajstić information content (AvgIpc) is 1.62. The molecule has 79 heavy (non-hydrogen) atoms. The van der Waals surface area contributed by atoms with Crippen LogP contribution in [0.1, 0.15) is 76.1 Å². The summed E-state index contributed by atoms with van der Waals surface area (Å²) < 4.78 is 84.3. The minimum atomic E-state index is -2.49. The Bertz CT molecular complexity index is 4470. The van der Waals surface area contributed by atoms with Crippen molar-refractivity contribution in [1.29, 1.82) is 0 Å². The van der Waals surface area contributed by atoms with Gasteiger partial charge in [-0.3, -0.25) is 0 Å². The summed E-state index contributed by atoms with van der Waals surface area (Å²) in [6.45, 7) is 12.7. The van der Waals surface area contributed by atoms with E-state index >= 15 is 0 Å². The second kappa shape index (κ2) is 19.2. The van der Waals surface area contributed by atoms with Crippen molar-refractivity contribution >= 4 is 117 Å². The molecule has 0 spiro atoms. The maximum absolute atomic E-state index is 8.80. The third-order valence-electron chi connectivity index (χ3n) is 15.8. The maximum Gasteiger partial charge on any atom is 0.227 e. The van der Waals surface area contributed by atoms with E-state index in [9.17, 15) is 0 Å². The van der Waals surface area contributed by atoms with Crippen molar-refractivity contribution in [3.05, 3.63) is 181 Å². The van der Waals surface area contributed by atoms with Crippen molar-refractivity contribution in [3.63, 3.8) is 0 Å². The van der Waals surface area contributed by atoms with Crippen LogP contribution in [0.2, 0.25) is 0 Å². The molecule has 15 rings (SSSR count). The highest BCUT2D eigenvalue weighted by molar-refractivity contribution is 6.12. The van der Waals surface area contributed by atoms with Crippen molar-refractivity contribution in [3.8, 4) is 0 Å². The van der Waals surface area contributed by atoms with Crippen LogP contribution in [0.3, 0.4) is 0 Å². The summed E-state index contributed by atoms with van der Waals surface area (Å²) in [5, 5.41) is 5.90. The predicted molar refractivity (Wildman–Crippen MR) is 327 cm³/mol. The van der Waals surface area contributed by atoms with Gasteiger partial charge in [0.25, 0.3) is 0 Å². The van der Waals surface area contributed by atoms with Crippen molar-refractivity contribution < 1.29 is 24.2 Å². The van der Waals surface area contributed by atoms with Gasteiger partial charge in [-0.1, -0.05) is 72.8 Å². The van der Waals surface area contributed by atoms with Crippen molar-refractivity contribution in [2.24, 2.45) is 0 Å². The van der Waals surface area contributed by atoms with Gasteiger partial charge in [0.1, 0.15) is 18.5 Å². The predicted octanol–water partition coefficient (Wildman–Crippen LogP) is 17.2. The molecule has 0 amide bonds. The number of aromatic nitrogens is 3. The number of nitrogens with zero attached hydrogens (tertiary/aromatic N) is 9. The highest BCUT2D eigenvalue weighted by Gasteiger charge is 2.39. The summed E-state index contributed by atoms with van der Waals surface area (Å²) in [6.07, 6.45) is 4.35. The molecule has 12 aromatic rings. The Morgan fingerprint density at radius 3 is 1.11 bits per heavy atom. The van der Waals surface area contributed by atoms with Crippen LogP contribution in [-0.4, -0.2) is 52.5 Å². The van der Waals surface area contributed by atoms with Gasteiger partial charge in [-0.2, -0.15) is 0 Å². The fraction of sp³-hybridized carbons (Fsp3) is 0.239. The molecule has 3 aliphatic heterocycles. The van der Waals surface area contributed by atoms with Gasteiger partial charge in [0.2, 0.25) is 17.1 Å². The first-order valence-corrected chi connectivity index (χ1v) is 26.7. The Hall–Kier alpha value is -9.03. The van der Waals surface area contributed by atoms with E-state index in [-0.39, 0.29) is 6.17 Å². The highest BCUT2D eigenvalue weighted by atomic mass is 16.3. The Kier molecular flexibility index (Phi) is 9.97. The number of hydrogen-bond donors (Lipinski definition) is 0. The molecule has 6 aromatic carbocycles. The zero-order valence-electron chi connectivity index (χ0n) is 53.6. The first-order valence-electron chi connectivity index (χ1n) is 30.7. The molecule has 4 unspecified atom stereocenters. The molecule has 0 fully saturated rings. The normalized spacial score (nSPS) is 19.4. The van der Waals surface area contributed by atoms with E-state index in [0.29, 0.717) is 34.1 Å². The molecule has 12 heteroatoms. The summed E-state index contributed by atoms with van der Waals surface area (Å²) in [5.41, 5.74) is 15.3. The number of rotatable bonds is 5. The molecule has 4 atom stereocenters. The van der Waals surface area contributed by atoms with Crippen molar-refractivity contribution in [2.75, 3.05) is 36.4 Å². The molecule has 12 nitrogen and oxygen atoms in total. The minimum Gasteiger partial charge on any atom is -0.435 e. The van der Waals surface area contributed by atoms with Gasteiger partial charge >= 0.3 is 0 Å². The fourth-order valence-electron chi connectivity index (χ4n) is 12.3. The molecule has 0 aliphatic carbocycles. The smallest absolute Gasteiger partial charge is 0.227 e. The Morgan fingerprint density at radius 1 is 0.405 bits per heavy atom. The molecular formula is C67H65N9O3.